The molecule has 1 fully saturated rings. The molecule has 0 bridgehead atoms. The van der Waals surface area contributed by atoms with Crippen molar-refractivity contribution in [2.24, 2.45) is 0 Å². The summed E-state index contributed by atoms with van der Waals surface area (Å²) in [6.07, 6.45) is 0. The van der Waals surface area contributed by atoms with Crippen molar-refractivity contribution in [3.05, 3.63) is 0 Å². The van der Waals surface area contributed by atoms with Crippen LogP contribution in [0.5, 0.6) is 6.01 Å². The van der Waals surface area contributed by atoms with Gasteiger partial charge in [0.05, 0.1) is 25.9 Å². The van der Waals surface area contributed by atoms with Gasteiger partial charge in [-0.15, -0.1) is 0 Å². The van der Waals surface area contributed by atoms with Crippen LogP contribution in [0, 0.1) is 0 Å². The van der Waals surface area contributed by atoms with Crippen molar-refractivity contribution in [2.75, 3.05) is 37.0 Å². The fourth-order valence-corrected chi connectivity index (χ4v) is 1.71. The van der Waals surface area contributed by atoms with Crippen LogP contribution in [0.4, 0.5) is 11.9 Å². The number of hydrogen-bond acceptors (Lipinski definition) is 7. The molecule has 7 heteroatoms. The molecule has 0 spiro atoms. The van der Waals surface area contributed by atoms with Crippen molar-refractivity contribution in [1.29, 1.82) is 0 Å². The zero-order valence-electron chi connectivity index (χ0n) is 10.1. The second-order valence-electron chi connectivity index (χ2n) is 3.83. The highest BCUT2D eigenvalue weighted by atomic mass is 16.5. The topological polar surface area (TPSA) is 86.4 Å². The fourth-order valence-electron chi connectivity index (χ4n) is 1.71. The molecule has 1 aliphatic rings. The summed E-state index contributed by atoms with van der Waals surface area (Å²) in [5, 5.41) is 0. The van der Waals surface area contributed by atoms with Crippen molar-refractivity contribution in [1.82, 2.24) is 15.0 Å². The van der Waals surface area contributed by atoms with Gasteiger partial charge in [-0.05, 0) is 13.8 Å². The van der Waals surface area contributed by atoms with E-state index in [1.165, 1.54) is 0 Å². The number of aromatic nitrogens is 3. The molecule has 1 saturated heterocycles. The summed E-state index contributed by atoms with van der Waals surface area (Å²) in [4.78, 5) is 14.3. The van der Waals surface area contributed by atoms with Gasteiger partial charge in [-0.2, -0.15) is 15.0 Å². The van der Waals surface area contributed by atoms with Crippen molar-refractivity contribution in [2.45, 2.75) is 19.9 Å². The maximum absolute atomic E-state index is 5.64. The summed E-state index contributed by atoms with van der Waals surface area (Å²) in [6, 6.07) is 0.494. The number of morpholine rings is 1. The smallest absolute Gasteiger partial charge is 0.323 e. The van der Waals surface area contributed by atoms with E-state index in [1.54, 1.807) is 0 Å². The molecular weight excluding hydrogens is 222 g/mol. The first-order valence-electron chi connectivity index (χ1n) is 5.69. The standard InChI is InChI=1S/C10H17N5O2/c1-3-17-10-13-8(11)12-9(14-10)15-4-5-16-6-7(15)2/h7H,3-6H2,1-2H3,(H2,11,12,13,14). The Morgan fingerprint density at radius 2 is 2.29 bits per heavy atom. The largest absolute Gasteiger partial charge is 0.464 e. The average Bonchev–Trinajstić information content (AvgIpc) is 2.29. The van der Waals surface area contributed by atoms with E-state index < -0.39 is 0 Å². The summed E-state index contributed by atoms with van der Waals surface area (Å²) in [6.45, 7) is 6.50. The summed E-state index contributed by atoms with van der Waals surface area (Å²) in [7, 11) is 0. The molecule has 0 aliphatic carbocycles. The lowest BCUT2D eigenvalue weighted by Gasteiger charge is -2.33. The number of rotatable bonds is 3. The molecule has 2 heterocycles. The van der Waals surface area contributed by atoms with Gasteiger partial charge in [0, 0.05) is 6.54 Å². The van der Waals surface area contributed by atoms with E-state index in [-0.39, 0.29) is 18.0 Å². The summed E-state index contributed by atoms with van der Waals surface area (Å²) >= 11 is 0. The second-order valence-corrected chi connectivity index (χ2v) is 3.83. The number of nitrogen functional groups attached to an aromatic ring is 1. The monoisotopic (exact) mass is 239 g/mol. The average molecular weight is 239 g/mol. The number of nitrogens with two attached hydrogens (primary N) is 1. The molecule has 1 aromatic heterocycles. The van der Waals surface area contributed by atoms with E-state index in [9.17, 15) is 0 Å². The molecular formula is C10H17N5O2. The van der Waals surface area contributed by atoms with Gasteiger partial charge in [-0.25, -0.2) is 0 Å². The van der Waals surface area contributed by atoms with Gasteiger partial charge in [-0.3, -0.25) is 0 Å². The first kappa shape index (κ1) is 11.8. The third-order valence-corrected chi connectivity index (χ3v) is 2.52. The van der Waals surface area contributed by atoms with E-state index in [1.807, 2.05) is 11.8 Å². The maximum Gasteiger partial charge on any atom is 0.323 e. The van der Waals surface area contributed by atoms with Gasteiger partial charge < -0.3 is 20.1 Å². The summed E-state index contributed by atoms with van der Waals surface area (Å²) in [5.74, 6) is 0.730. The Labute approximate surface area is 100.0 Å². The quantitative estimate of drug-likeness (QED) is 0.799. The molecule has 2 rings (SSSR count). The molecule has 2 N–H and O–H groups in total. The minimum Gasteiger partial charge on any atom is -0.464 e. The van der Waals surface area contributed by atoms with Gasteiger partial charge in [0.2, 0.25) is 11.9 Å². The lowest BCUT2D eigenvalue weighted by molar-refractivity contribution is 0.0979. The molecule has 7 nitrogen and oxygen atoms in total. The van der Waals surface area contributed by atoms with Crippen LogP contribution in [-0.2, 0) is 4.74 Å². The number of anilines is 2. The lowest BCUT2D eigenvalue weighted by atomic mass is 10.3. The number of hydrogen-bond donors (Lipinski definition) is 1. The zero-order valence-corrected chi connectivity index (χ0v) is 10.1. The second kappa shape index (κ2) is 5.13. The third kappa shape index (κ3) is 2.73. The van der Waals surface area contributed by atoms with E-state index in [2.05, 4.69) is 21.9 Å². The summed E-state index contributed by atoms with van der Waals surface area (Å²) < 4.78 is 10.6. The van der Waals surface area contributed by atoms with E-state index in [0.717, 1.165) is 6.54 Å². The normalized spacial score (nSPS) is 20.4. The Bertz CT molecular complexity index is 387. The highest BCUT2D eigenvalue weighted by Crippen LogP contribution is 2.17. The first-order chi connectivity index (χ1) is 8.20. The highest BCUT2D eigenvalue weighted by Gasteiger charge is 2.22. The van der Waals surface area contributed by atoms with Crippen LogP contribution in [0.3, 0.4) is 0 Å². The number of nitrogens with zero attached hydrogens (tertiary/aromatic N) is 4. The fraction of sp³-hybridized carbons (Fsp3) is 0.700. The Morgan fingerprint density at radius 1 is 1.47 bits per heavy atom. The lowest BCUT2D eigenvalue weighted by Crippen LogP contribution is -2.44. The summed E-state index contributed by atoms with van der Waals surface area (Å²) in [5.41, 5.74) is 5.64. The molecule has 1 aromatic rings. The zero-order chi connectivity index (χ0) is 12.3. The molecule has 1 aliphatic heterocycles. The van der Waals surface area contributed by atoms with E-state index >= 15 is 0 Å². The van der Waals surface area contributed by atoms with E-state index in [4.69, 9.17) is 15.2 Å². The van der Waals surface area contributed by atoms with Crippen LogP contribution < -0.4 is 15.4 Å². The van der Waals surface area contributed by atoms with Gasteiger partial charge in [0.15, 0.2) is 0 Å². The van der Waals surface area contributed by atoms with Crippen molar-refractivity contribution >= 4 is 11.9 Å². The Kier molecular flexibility index (Phi) is 3.58. The maximum atomic E-state index is 5.64. The molecule has 1 unspecified atom stereocenters. The Balaban J connectivity index is 2.24. The van der Waals surface area contributed by atoms with Crippen LogP contribution in [0.2, 0.25) is 0 Å². The minimum absolute atomic E-state index is 0.178. The van der Waals surface area contributed by atoms with Crippen LogP contribution in [0.1, 0.15) is 13.8 Å². The van der Waals surface area contributed by atoms with Gasteiger partial charge in [-0.1, -0.05) is 0 Å². The predicted molar refractivity (Wildman–Crippen MR) is 63.0 cm³/mol. The first-order valence-corrected chi connectivity index (χ1v) is 5.69. The van der Waals surface area contributed by atoms with Crippen molar-refractivity contribution in [3.63, 3.8) is 0 Å². The molecule has 0 radical (unpaired) electrons. The molecule has 94 valence electrons. The minimum atomic E-state index is 0.178. The molecule has 0 saturated carbocycles. The number of ether oxygens (including phenoxy) is 2. The predicted octanol–water partition coefficient (Wildman–Crippen LogP) is 0.0776. The van der Waals surface area contributed by atoms with Crippen molar-refractivity contribution in [3.8, 4) is 6.01 Å². The van der Waals surface area contributed by atoms with E-state index in [0.29, 0.717) is 25.8 Å². The van der Waals surface area contributed by atoms with Crippen LogP contribution in [0.15, 0.2) is 0 Å². The Hall–Kier alpha value is -1.63. The molecule has 1 atom stereocenters. The van der Waals surface area contributed by atoms with Crippen LogP contribution >= 0.6 is 0 Å². The highest BCUT2D eigenvalue weighted by molar-refractivity contribution is 5.37. The van der Waals surface area contributed by atoms with Crippen molar-refractivity contribution < 1.29 is 9.47 Å². The Morgan fingerprint density at radius 3 is 3.00 bits per heavy atom. The van der Waals surface area contributed by atoms with Gasteiger partial charge in [0.1, 0.15) is 0 Å². The van der Waals surface area contributed by atoms with Gasteiger partial charge in [0.25, 0.3) is 0 Å². The molecule has 17 heavy (non-hydrogen) atoms. The molecule has 0 amide bonds. The SMILES string of the molecule is CCOc1nc(N)nc(N2CCOCC2C)n1. The van der Waals surface area contributed by atoms with Crippen LogP contribution in [-0.4, -0.2) is 47.4 Å². The van der Waals surface area contributed by atoms with Crippen LogP contribution in [0.25, 0.3) is 0 Å². The van der Waals surface area contributed by atoms with Gasteiger partial charge >= 0.3 is 6.01 Å². The molecule has 0 aromatic carbocycles. The third-order valence-electron chi connectivity index (χ3n) is 2.52.